The largest absolute Gasteiger partial charge is 0.494 e. The molecule has 3 rings (SSSR count). The third-order valence-corrected chi connectivity index (χ3v) is 5.55. The molecule has 1 aromatic rings. The highest BCUT2D eigenvalue weighted by Gasteiger charge is 2.51. The summed E-state index contributed by atoms with van der Waals surface area (Å²) in [6.45, 7) is 10.6. The van der Waals surface area contributed by atoms with Crippen molar-refractivity contribution >= 4 is 12.6 Å². The van der Waals surface area contributed by atoms with Gasteiger partial charge >= 0.3 is 7.12 Å². The van der Waals surface area contributed by atoms with Crippen LogP contribution in [0, 0.1) is 0 Å². The molecule has 2 heterocycles. The summed E-state index contributed by atoms with van der Waals surface area (Å²) >= 11 is 0. The molecule has 0 radical (unpaired) electrons. The van der Waals surface area contributed by atoms with Crippen molar-refractivity contribution in [2.75, 3.05) is 26.3 Å². The molecule has 1 unspecified atom stereocenters. The second-order valence-electron chi connectivity index (χ2n) is 8.03. The number of halogens is 1. The van der Waals surface area contributed by atoms with E-state index in [-0.39, 0.29) is 31.1 Å². The fourth-order valence-electron chi connectivity index (χ4n) is 3.25. The number of hydrogen-bond acceptors (Lipinski definition) is 4. The van der Waals surface area contributed by atoms with Gasteiger partial charge in [-0.1, -0.05) is 12.1 Å². The van der Waals surface area contributed by atoms with E-state index in [1.165, 1.54) is 0 Å². The highest BCUT2D eigenvalue weighted by Crippen LogP contribution is 2.36. The molecule has 0 aliphatic carbocycles. The molecule has 0 amide bonds. The van der Waals surface area contributed by atoms with Crippen LogP contribution in [0.5, 0.6) is 5.75 Å². The van der Waals surface area contributed by atoms with E-state index in [1.54, 1.807) is 0 Å². The molecule has 4 nitrogen and oxygen atoms in total. The van der Waals surface area contributed by atoms with E-state index >= 15 is 0 Å². The van der Waals surface area contributed by atoms with Gasteiger partial charge in [0.2, 0.25) is 0 Å². The maximum atomic E-state index is 12.3. The Hall–Kier alpha value is -1.11. The van der Waals surface area contributed by atoms with Crippen LogP contribution in [0.15, 0.2) is 24.3 Å². The average molecular weight is 349 g/mol. The van der Waals surface area contributed by atoms with Gasteiger partial charge in [-0.3, -0.25) is 9.29 Å². The maximum Gasteiger partial charge on any atom is 0.494 e. The lowest BCUT2D eigenvalue weighted by Gasteiger charge is -2.32. The second-order valence-corrected chi connectivity index (χ2v) is 8.03. The summed E-state index contributed by atoms with van der Waals surface area (Å²) < 4.78 is 30.5. The Balaban J connectivity index is 1.55. The lowest BCUT2D eigenvalue weighted by molar-refractivity contribution is 0.00578. The monoisotopic (exact) mass is 349 g/mol. The zero-order valence-corrected chi connectivity index (χ0v) is 15.8. The number of nitrogens with zero attached hydrogens (tertiary/aromatic N) is 1. The van der Waals surface area contributed by atoms with Crippen LogP contribution in [0.3, 0.4) is 0 Å². The lowest BCUT2D eigenvalue weighted by atomic mass is 9.79. The molecule has 2 aliphatic rings. The number of ether oxygens (including phenoxy) is 1. The zero-order valence-electron chi connectivity index (χ0n) is 15.8. The van der Waals surface area contributed by atoms with Crippen molar-refractivity contribution in [2.24, 2.45) is 0 Å². The third-order valence-electron chi connectivity index (χ3n) is 5.55. The molecule has 2 fully saturated rings. The fraction of sp³-hybridized carbons (Fsp3) is 0.684. The smallest absolute Gasteiger partial charge is 0.489 e. The number of rotatable bonds is 6. The topological polar surface area (TPSA) is 30.9 Å². The van der Waals surface area contributed by atoms with Crippen molar-refractivity contribution in [1.82, 2.24) is 4.90 Å². The van der Waals surface area contributed by atoms with Crippen LogP contribution in [-0.4, -0.2) is 55.6 Å². The van der Waals surface area contributed by atoms with Crippen LogP contribution in [0.4, 0.5) is 4.39 Å². The normalized spacial score (nSPS) is 25.5. The first-order valence-electron chi connectivity index (χ1n) is 9.21. The molecule has 6 heteroatoms. The first-order chi connectivity index (χ1) is 11.8. The molecule has 2 saturated heterocycles. The highest BCUT2D eigenvalue weighted by molar-refractivity contribution is 6.62. The van der Waals surface area contributed by atoms with Crippen molar-refractivity contribution < 1.29 is 18.4 Å². The van der Waals surface area contributed by atoms with E-state index < -0.39 is 0 Å². The Morgan fingerprint density at radius 1 is 1.16 bits per heavy atom. The number of likely N-dealkylation sites (tertiary alicyclic amines) is 1. The molecule has 1 atom stereocenters. The van der Waals surface area contributed by atoms with Gasteiger partial charge in [-0.05, 0) is 58.1 Å². The summed E-state index contributed by atoms with van der Waals surface area (Å²) in [4.78, 5) is 2.27. The Bertz CT molecular complexity index is 563. The van der Waals surface area contributed by atoms with E-state index in [2.05, 4.69) is 32.6 Å². The standard InChI is InChI=1S/C19H29BFNO3/c1-18(2)19(3,4)25-20(24-18)15-6-8-16(9-7-15)23-17-10-13-22(14-17)12-5-11-21/h6-9,17H,5,10-14H2,1-4H3. The van der Waals surface area contributed by atoms with E-state index in [1.807, 2.05) is 24.3 Å². The fourth-order valence-corrected chi connectivity index (χ4v) is 3.25. The quantitative estimate of drug-likeness (QED) is 0.739. The Morgan fingerprint density at radius 3 is 2.40 bits per heavy atom. The molecule has 2 aliphatic heterocycles. The van der Waals surface area contributed by atoms with Gasteiger partial charge in [0, 0.05) is 19.6 Å². The van der Waals surface area contributed by atoms with Crippen molar-refractivity contribution in [3.05, 3.63) is 24.3 Å². The number of alkyl halides is 1. The van der Waals surface area contributed by atoms with Crippen LogP contribution in [0.1, 0.15) is 40.5 Å². The lowest BCUT2D eigenvalue weighted by Crippen LogP contribution is -2.41. The van der Waals surface area contributed by atoms with Crippen LogP contribution in [0.2, 0.25) is 0 Å². The average Bonchev–Trinajstić information content (AvgIpc) is 3.08. The van der Waals surface area contributed by atoms with E-state index in [4.69, 9.17) is 14.0 Å². The third kappa shape index (κ3) is 4.18. The molecule has 25 heavy (non-hydrogen) atoms. The van der Waals surface area contributed by atoms with Crippen LogP contribution >= 0.6 is 0 Å². The summed E-state index contributed by atoms with van der Waals surface area (Å²) in [5, 5.41) is 0. The van der Waals surface area contributed by atoms with Gasteiger partial charge in [0.25, 0.3) is 0 Å². The molecule has 138 valence electrons. The van der Waals surface area contributed by atoms with Gasteiger partial charge in [0.15, 0.2) is 0 Å². The minimum Gasteiger partial charge on any atom is -0.489 e. The van der Waals surface area contributed by atoms with E-state index in [0.29, 0.717) is 6.42 Å². The predicted molar refractivity (Wildman–Crippen MR) is 98.2 cm³/mol. The second kappa shape index (κ2) is 7.26. The first-order valence-corrected chi connectivity index (χ1v) is 9.21. The summed E-state index contributed by atoms with van der Waals surface area (Å²) in [5.41, 5.74) is 0.335. The van der Waals surface area contributed by atoms with Crippen LogP contribution < -0.4 is 10.2 Å². The number of benzene rings is 1. The van der Waals surface area contributed by atoms with E-state index in [0.717, 1.165) is 37.3 Å². The van der Waals surface area contributed by atoms with Crippen molar-refractivity contribution in [3.8, 4) is 5.75 Å². The van der Waals surface area contributed by atoms with Crippen LogP contribution in [-0.2, 0) is 9.31 Å². The SMILES string of the molecule is CC1(C)OB(c2ccc(OC3CCN(CCCF)C3)cc2)OC1(C)C. The maximum absolute atomic E-state index is 12.3. The molecule has 1 aromatic carbocycles. The summed E-state index contributed by atoms with van der Waals surface area (Å²) in [5.74, 6) is 0.859. The predicted octanol–water partition coefficient (Wildman–Crippen LogP) is 2.80. The molecule has 0 N–H and O–H groups in total. The molecule has 0 aromatic heterocycles. The number of hydrogen-bond donors (Lipinski definition) is 0. The molecular formula is C19H29BFNO3. The van der Waals surface area contributed by atoms with Crippen molar-refractivity contribution in [1.29, 1.82) is 0 Å². The van der Waals surface area contributed by atoms with Gasteiger partial charge in [0.05, 0.1) is 17.9 Å². The highest BCUT2D eigenvalue weighted by atomic mass is 19.1. The Kier molecular flexibility index (Phi) is 5.42. The Labute approximate surface area is 150 Å². The molecule has 0 saturated carbocycles. The minimum atomic E-state index is -0.346. The van der Waals surface area contributed by atoms with E-state index in [9.17, 15) is 4.39 Å². The summed E-state index contributed by atoms with van der Waals surface area (Å²) in [6, 6.07) is 7.97. The van der Waals surface area contributed by atoms with Crippen molar-refractivity contribution in [3.63, 3.8) is 0 Å². The van der Waals surface area contributed by atoms with Gasteiger partial charge in [-0.15, -0.1) is 0 Å². The van der Waals surface area contributed by atoms with Gasteiger partial charge in [-0.2, -0.15) is 0 Å². The first kappa shape index (κ1) is 18.7. The summed E-state index contributed by atoms with van der Waals surface area (Å²) in [6.07, 6.45) is 1.78. The van der Waals surface area contributed by atoms with Crippen molar-refractivity contribution in [2.45, 2.75) is 57.8 Å². The van der Waals surface area contributed by atoms with Gasteiger partial charge < -0.3 is 14.0 Å². The summed E-state index contributed by atoms with van der Waals surface area (Å²) in [7, 11) is -0.346. The molecule has 0 bridgehead atoms. The van der Waals surface area contributed by atoms with Gasteiger partial charge in [-0.25, -0.2) is 0 Å². The Morgan fingerprint density at radius 2 is 1.80 bits per heavy atom. The van der Waals surface area contributed by atoms with Gasteiger partial charge in [0.1, 0.15) is 11.9 Å². The molecule has 0 spiro atoms. The minimum absolute atomic E-state index is 0.183. The van der Waals surface area contributed by atoms with Crippen LogP contribution in [0.25, 0.3) is 0 Å². The zero-order chi connectivity index (χ0) is 18.1. The molecular weight excluding hydrogens is 320 g/mol.